The van der Waals surface area contributed by atoms with E-state index in [0.29, 0.717) is 0 Å². The summed E-state index contributed by atoms with van der Waals surface area (Å²) in [6, 6.07) is 4.41. The van der Waals surface area contributed by atoms with Crippen molar-refractivity contribution in [3.05, 3.63) is 57.0 Å². The number of esters is 1. The van der Waals surface area contributed by atoms with Crippen molar-refractivity contribution in [3.8, 4) is 11.6 Å². The molecular weight excluding hydrogens is 319 g/mol. The lowest BCUT2D eigenvalue weighted by Crippen LogP contribution is -2.04. The number of carbonyl (C=O) groups excluding carboxylic acids is 1. The average Bonchev–Trinajstić information content (AvgIpc) is 2.50. The van der Waals surface area contributed by atoms with Crippen molar-refractivity contribution in [1.29, 1.82) is 0 Å². The molecule has 0 atom stereocenters. The molecular formula is C13H8ClFN2O5. The van der Waals surface area contributed by atoms with E-state index in [-0.39, 0.29) is 22.2 Å². The molecule has 9 heteroatoms. The Kier molecular flexibility index (Phi) is 4.52. The predicted molar refractivity (Wildman–Crippen MR) is 73.7 cm³/mol. The number of nitrogens with zero attached hydrogens (tertiary/aromatic N) is 2. The van der Waals surface area contributed by atoms with Crippen LogP contribution in [0, 0.1) is 15.9 Å². The summed E-state index contributed by atoms with van der Waals surface area (Å²) < 4.78 is 22.7. The minimum Gasteiger partial charge on any atom is -0.465 e. The normalized spacial score (nSPS) is 10.1. The zero-order valence-electron chi connectivity index (χ0n) is 11.1. The van der Waals surface area contributed by atoms with Gasteiger partial charge in [0.05, 0.1) is 22.6 Å². The smallest absolute Gasteiger partial charge is 0.339 e. The van der Waals surface area contributed by atoms with Gasteiger partial charge < -0.3 is 9.47 Å². The molecule has 0 N–H and O–H groups in total. The summed E-state index contributed by atoms with van der Waals surface area (Å²) in [7, 11) is 1.14. The lowest BCUT2D eigenvalue weighted by atomic mass is 10.2. The molecule has 0 saturated heterocycles. The highest BCUT2D eigenvalue weighted by molar-refractivity contribution is 6.30. The zero-order valence-corrected chi connectivity index (χ0v) is 11.8. The van der Waals surface area contributed by atoms with Crippen LogP contribution in [-0.2, 0) is 4.74 Å². The van der Waals surface area contributed by atoms with Gasteiger partial charge in [-0.1, -0.05) is 11.6 Å². The van der Waals surface area contributed by atoms with E-state index in [1.165, 1.54) is 6.07 Å². The van der Waals surface area contributed by atoms with E-state index >= 15 is 0 Å². The van der Waals surface area contributed by atoms with Crippen LogP contribution in [-0.4, -0.2) is 23.0 Å². The van der Waals surface area contributed by atoms with Gasteiger partial charge in [-0.15, -0.1) is 0 Å². The number of benzene rings is 1. The number of ether oxygens (including phenoxy) is 2. The van der Waals surface area contributed by atoms with Gasteiger partial charge >= 0.3 is 11.7 Å². The molecule has 0 unspecified atom stereocenters. The fraction of sp³-hybridized carbons (Fsp3) is 0.0769. The molecule has 114 valence electrons. The van der Waals surface area contributed by atoms with Gasteiger partial charge in [0.2, 0.25) is 0 Å². The van der Waals surface area contributed by atoms with Crippen molar-refractivity contribution in [2.45, 2.75) is 0 Å². The van der Waals surface area contributed by atoms with Crippen LogP contribution < -0.4 is 4.74 Å². The maximum atomic E-state index is 13.1. The van der Waals surface area contributed by atoms with Gasteiger partial charge in [0.1, 0.15) is 11.6 Å². The molecule has 7 nitrogen and oxygen atoms in total. The highest BCUT2D eigenvalue weighted by Gasteiger charge is 2.21. The van der Waals surface area contributed by atoms with E-state index in [1.54, 1.807) is 0 Å². The second-order valence-electron chi connectivity index (χ2n) is 3.97. The van der Waals surface area contributed by atoms with E-state index in [2.05, 4.69) is 9.72 Å². The molecule has 1 aromatic carbocycles. The first kappa shape index (κ1) is 15.6. The van der Waals surface area contributed by atoms with Crippen molar-refractivity contribution in [3.63, 3.8) is 0 Å². The number of carbonyl (C=O) groups is 1. The third-order valence-electron chi connectivity index (χ3n) is 2.56. The topological polar surface area (TPSA) is 91.6 Å². The number of hydrogen-bond acceptors (Lipinski definition) is 6. The molecule has 0 bridgehead atoms. The van der Waals surface area contributed by atoms with E-state index in [0.717, 1.165) is 31.5 Å². The molecule has 0 spiro atoms. The molecule has 0 saturated carbocycles. The molecule has 0 radical (unpaired) electrons. The molecule has 0 fully saturated rings. The SMILES string of the molecule is COC(=O)c1cnc(Oc2ccc(F)c(Cl)c2)c([N+](=O)[O-])c1. The van der Waals surface area contributed by atoms with Crippen molar-refractivity contribution in [2.75, 3.05) is 7.11 Å². The van der Waals surface area contributed by atoms with Crippen LogP contribution >= 0.6 is 11.6 Å². The van der Waals surface area contributed by atoms with Crippen LogP contribution in [0.1, 0.15) is 10.4 Å². The second-order valence-corrected chi connectivity index (χ2v) is 4.38. The Morgan fingerprint density at radius 1 is 1.41 bits per heavy atom. The highest BCUT2D eigenvalue weighted by atomic mass is 35.5. The van der Waals surface area contributed by atoms with Crippen molar-refractivity contribution < 1.29 is 23.6 Å². The molecule has 0 amide bonds. The zero-order chi connectivity index (χ0) is 16.3. The fourth-order valence-corrected chi connectivity index (χ4v) is 1.70. The van der Waals surface area contributed by atoms with Crippen LogP contribution in [0.5, 0.6) is 11.6 Å². The van der Waals surface area contributed by atoms with Crippen LogP contribution in [0.4, 0.5) is 10.1 Å². The summed E-state index contributed by atoms with van der Waals surface area (Å²) in [6.07, 6.45) is 1.07. The molecule has 0 aliphatic carbocycles. The standard InChI is InChI=1S/C13H8ClFN2O5/c1-21-13(18)7-4-11(17(19)20)12(16-6-7)22-8-2-3-10(15)9(14)5-8/h2-6H,1H3. The van der Waals surface area contributed by atoms with E-state index < -0.39 is 22.4 Å². The second kappa shape index (κ2) is 6.35. The molecule has 2 aromatic rings. The Hall–Kier alpha value is -2.74. The quantitative estimate of drug-likeness (QED) is 0.486. The number of nitro groups is 1. The maximum Gasteiger partial charge on any atom is 0.339 e. The summed E-state index contributed by atoms with van der Waals surface area (Å²) >= 11 is 5.60. The Morgan fingerprint density at radius 2 is 2.14 bits per heavy atom. The van der Waals surface area contributed by atoms with Crippen LogP contribution in [0.3, 0.4) is 0 Å². The third-order valence-corrected chi connectivity index (χ3v) is 2.85. The van der Waals surface area contributed by atoms with Crippen molar-refractivity contribution in [1.82, 2.24) is 4.98 Å². The lowest BCUT2D eigenvalue weighted by molar-refractivity contribution is -0.386. The van der Waals surface area contributed by atoms with E-state index in [9.17, 15) is 19.3 Å². The van der Waals surface area contributed by atoms with Gasteiger partial charge in [0, 0.05) is 18.3 Å². The van der Waals surface area contributed by atoms with Gasteiger partial charge in [-0.3, -0.25) is 10.1 Å². The van der Waals surface area contributed by atoms with Gasteiger partial charge in [-0.25, -0.2) is 14.2 Å². The summed E-state index contributed by atoms with van der Waals surface area (Å²) in [5.74, 6) is -1.72. The first-order valence-corrected chi connectivity index (χ1v) is 6.16. The summed E-state index contributed by atoms with van der Waals surface area (Å²) in [5, 5.41) is 10.8. The third kappa shape index (κ3) is 3.29. The molecule has 22 heavy (non-hydrogen) atoms. The van der Waals surface area contributed by atoms with Crippen molar-refractivity contribution >= 4 is 23.3 Å². The number of halogens is 2. The summed E-state index contributed by atoms with van der Waals surface area (Å²) in [4.78, 5) is 25.3. The van der Waals surface area contributed by atoms with Crippen LogP contribution in [0.15, 0.2) is 30.5 Å². The molecule has 1 heterocycles. The Bertz CT molecular complexity index is 753. The number of methoxy groups -OCH3 is 1. The minimum absolute atomic E-state index is 0.0628. The Labute approximate surface area is 128 Å². The molecule has 1 aromatic heterocycles. The summed E-state index contributed by atoms with van der Waals surface area (Å²) in [6.45, 7) is 0. The number of hydrogen-bond donors (Lipinski definition) is 0. The van der Waals surface area contributed by atoms with Gasteiger partial charge in [-0.2, -0.15) is 0 Å². The van der Waals surface area contributed by atoms with E-state index in [4.69, 9.17) is 16.3 Å². The Balaban J connectivity index is 2.39. The molecule has 2 rings (SSSR count). The number of pyridine rings is 1. The average molecular weight is 327 g/mol. The monoisotopic (exact) mass is 326 g/mol. The van der Waals surface area contributed by atoms with Crippen LogP contribution in [0.25, 0.3) is 0 Å². The van der Waals surface area contributed by atoms with Gasteiger partial charge in [-0.05, 0) is 12.1 Å². The maximum absolute atomic E-state index is 13.1. The summed E-state index contributed by atoms with van der Waals surface area (Å²) in [5.41, 5.74) is -0.637. The van der Waals surface area contributed by atoms with Crippen molar-refractivity contribution in [2.24, 2.45) is 0 Å². The molecule has 0 aliphatic heterocycles. The largest absolute Gasteiger partial charge is 0.465 e. The number of aromatic nitrogens is 1. The molecule has 0 aliphatic rings. The fourth-order valence-electron chi connectivity index (χ4n) is 1.53. The minimum atomic E-state index is -0.771. The first-order chi connectivity index (χ1) is 10.4. The highest BCUT2D eigenvalue weighted by Crippen LogP contribution is 2.31. The first-order valence-electron chi connectivity index (χ1n) is 5.78. The predicted octanol–water partition coefficient (Wildman–Crippen LogP) is 3.36. The van der Waals surface area contributed by atoms with Crippen LogP contribution in [0.2, 0.25) is 5.02 Å². The lowest BCUT2D eigenvalue weighted by Gasteiger charge is -2.07. The van der Waals surface area contributed by atoms with E-state index in [1.807, 2.05) is 0 Å². The Morgan fingerprint density at radius 3 is 2.73 bits per heavy atom. The van der Waals surface area contributed by atoms with Gasteiger partial charge in [0.25, 0.3) is 5.88 Å². The number of rotatable bonds is 4. The van der Waals surface area contributed by atoms with Gasteiger partial charge in [0.15, 0.2) is 0 Å².